The van der Waals surface area contributed by atoms with Crippen molar-refractivity contribution in [3.63, 3.8) is 0 Å². The molecule has 0 saturated carbocycles. The number of nitrogens with one attached hydrogen (secondary N) is 1. The summed E-state index contributed by atoms with van der Waals surface area (Å²) in [4.78, 5) is 18.7. The molecule has 0 bridgehead atoms. The molecule has 6 heteroatoms. The monoisotopic (exact) mass is 357 g/mol. The lowest BCUT2D eigenvalue weighted by atomic mass is 9.84. The van der Waals surface area contributed by atoms with Gasteiger partial charge in [0.15, 0.2) is 0 Å². The summed E-state index contributed by atoms with van der Waals surface area (Å²) in [6.07, 6.45) is 4.54. The van der Waals surface area contributed by atoms with Crippen molar-refractivity contribution < 1.29 is 9.53 Å². The molecule has 2 fully saturated rings. The summed E-state index contributed by atoms with van der Waals surface area (Å²) < 4.78 is 6.01. The van der Waals surface area contributed by atoms with Crippen molar-refractivity contribution in [3.05, 3.63) is 52.5 Å². The number of rotatable bonds is 5. The Balaban J connectivity index is 1.28. The minimum atomic E-state index is -0.0740. The number of hydrogen-bond acceptors (Lipinski definition) is 5. The van der Waals surface area contributed by atoms with Gasteiger partial charge >= 0.3 is 0 Å². The minimum Gasteiger partial charge on any atom is -0.376 e. The fraction of sp³-hybridized carbons (Fsp3) is 0.474. The first kappa shape index (κ1) is 16.7. The van der Waals surface area contributed by atoms with Crippen molar-refractivity contribution in [1.82, 2.24) is 15.2 Å². The van der Waals surface area contributed by atoms with Gasteiger partial charge in [0.2, 0.25) is 0 Å². The van der Waals surface area contributed by atoms with E-state index in [-0.39, 0.29) is 12.0 Å². The molecule has 2 aromatic rings. The van der Waals surface area contributed by atoms with Gasteiger partial charge in [-0.25, -0.2) is 0 Å². The molecule has 4 heterocycles. The smallest absolute Gasteiger partial charge is 0.252 e. The number of hydrogen-bond donors (Lipinski definition) is 1. The molecule has 3 atom stereocenters. The standard InChI is InChI=1S/C19H23N3O2S/c23-19(15-2-1-5-20-8-15)21-9-18-17-3-6-22(11-16(17)12-24-18)10-14-4-7-25-13-14/h1-2,4-5,7-8,13,16-18H,3,6,9-12H2,(H,21,23)/t16-,17-,18+/m1/s1. The van der Waals surface area contributed by atoms with Gasteiger partial charge in [-0.1, -0.05) is 0 Å². The number of pyridine rings is 1. The third-order valence-corrected chi connectivity index (χ3v) is 5.98. The van der Waals surface area contributed by atoms with Crippen molar-refractivity contribution in [2.75, 3.05) is 26.2 Å². The average molecular weight is 357 g/mol. The number of likely N-dealkylation sites (tertiary alicyclic amines) is 1. The zero-order valence-electron chi connectivity index (χ0n) is 14.1. The van der Waals surface area contributed by atoms with E-state index in [1.54, 1.807) is 35.9 Å². The van der Waals surface area contributed by atoms with Crippen LogP contribution in [0.2, 0.25) is 0 Å². The van der Waals surface area contributed by atoms with Gasteiger partial charge in [-0.3, -0.25) is 14.7 Å². The maximum absolute atomic E-state index is 12.2. The molecular weight excluding hydrogens is 334 g/mol. The molecule has 1 N–H and O–H groups in total. The first-order valence-corrected chi connectivity index (χ1v) is 9.77. The maximum Gasteiger partial charge on any atom is 0.252 e. The van der Waals surface area contributed by atoms with Crippen LogP contribution >= 0.6 is 11.3 Å². The zero-order valence-corrected chi connectivity index (χ0v) is 15.0. The van der Waals surface area contributed by atoms with Crippen molar-refractivity contribution >= 4 is 17.2 Å². The zero-order chi connectivity index (χ0) is 17.1. The number of amides is 1. The van der Waals surface area contributed by atoms with E-state index in [4.69, 9.17) is 4.74 Å². The number of carbonyl (C=O) groups is 1. The van der Waals surface area contributed by atoms with Crippen molar-refractivity contribution in [2.24, 2.45) is 11.8 Å². The van der Waals surface area contributed by atoms with Crippen LogP contribution in [0.3, 0.4) is 0 Å². The van der Waals surface area contributed by atoms with E-state index in [0.29, 0.717) is 23.9 Å². The Hall–Kier alpha value is -1.76. The maximum atomic E-state index is 12.2. The van der Waals surface area contributed by atoms with Crippen LogP contribution in [0.15, 0.2) is 41.4 Å². The molecule has 25 heavy (non-hydrogen) atoms. The van der Waals surface area contributed by atoms with E-state index >= 15 is 0 Å². The van der Waals surface area contributed by atoms with Gasteiger partial charge in [0.25, 0.3) is 5.91 Å². The molecular formula is C19H23N3O2S. The fourth-order valence-corrected chi connectivity index (χ4v) is 4.61. The first-order chi connectivity index (χ1) is 12.3. The number of carbonyl (C=O) groups excluding carboxylic acids is 1. The molecule has 132 valence electrons. The topological polar surface area (TPSA) is 54.5 Å². The number of fused-ring (bicyclic) bond motifs is 1. The molecule has 0 aliphatic carbocycles. The summed E-state index contributed by atoms with van der Waals surface area (Å²) in [5.41, 5.74) is 2.00. The Morgan fingerprint density at radius 3 is 3.20 bits per heavy atom. The number of aromatic nitrogens is 1. The number of piperidine rings is 1. The minimum absolute atomic E-state index is 0.0740. The highest BCUT2D eigenvalue weighted by molar-refractivity contribution is 7.07. The second-order valence-corrected chi connectivity index (χ2v) is 7.68. The van der Waals surface area contributed by atoms with Gasteiger partial charge in [-0.15, -0.1) is 0 Å². The summed E-state index contributed by atoms with van der Waals surface area (Å²) in [6.45, 7) is 4.62. The molecule has 2 saturated heterocycles. The number of thiophene rings is 1. The Labute approximate surface area is 152 Å². The molecule has 2 aliphatic rings. The van der Waals surface area contributed by atoms with Crippen molar-refractivity contribution in [3.8, 4) is 0 Å². The van der Waals surface area contributed by atoms with Crippen LogP contribution in [0.5, 0.6) is 0 Å². The second-order valence-electron chi connectivity index (χ2n) is 6.90. The predicted octanol–water partition coefficient (Wildman–Crippen LogP) is 2.41. The summed E-state index contributed by atoms with van der Waals surface area (Å²) in [5, 5.41) is 7.38. The van der Waals surface area contributed by atoms with E-state index in [9.17, 15) is 4.79 Å². The van der Waals surface area contributed by atoms with Crippen LogP contribution in [-0.4, -0.2) is 48.1 Å². The normalized spacial score (nSPS) is 26.3. The summed E-state index contributed by atoms with van der Waals surface area (Å²) >= 11 is 1.76. The van der Waals surface area contributed by atoms with E-state index in [0.717, 1.165) is 32.7 Å². The Morgan fingerprint density at radius 2 is 2.40 bits per heavy atom. The van der Waals surface area contributed by atoms with Crippen molar-refractivity contribution in [2.45, 2.75) is 19.1 Å². The van der Waals surface area contributed by atoms with Crippen LogP contribution in [0, 0.1) is 11.8 Å². The predicted molar refractivity (Wildman–Crippen MR) is 97.5 cm³/mol. The molecule has 1 amide bonds. The lowest BCUT2D eigenvalue weighted by Crippen LogP contribution is -2.43. The molecule has 0 unspecified atom stereocenters. The first-order valence-electron chi connectivity index (χ1n) is 8.83. The molecule has 0 spiro atoms. The Kier molecular flexibility index (Phi) is 5.10. The van der Waals surface area contributed by atoms with E-state index in [1.165, 1.54) is 5.56 Å². The van der Waals surface area contributed by atoms with Crippen LogP contribution < -0.4 is 5.32 Å². The second kappa shape index (κ2) is 7.64. The van der Waals surface area contributed by atoms with Gasteiger partial charge in [-0.2, -0.15) is 11.3 Å². The molecule has 2 aromatic heterocycles. The quantitative estimate of drug-likeness (QED) is 0.893. The van der Waals surface area contributed by atoms with Crippen molar-refractivity contribution in [1.29, 1.82) is 0 Å². The number of nitrogens with zero attached hydrogens (tertiary/aromatic N) is 2. The highest BCUT2D eigenvalue weighted by atomic mass is 32.1. The highest BCUT2D eigenvalue weighted by Crippen LogP contribution is 2.34. The van der Waals surface area contributed by atoms with E-state index in [2.05, 4.69) is 32.0 Å². The molecule has 2 aliphatic heterocycles. The number of ether oxygens (including phenoxy) is 1. The van der Waals surface area contributed by atoms with E-state index < -0.39 is 0 Å². The molecule has 0 radical (unpaired) electrons. The van der Waals surface area contributed by atoms with Gasteiger partial charge < -0.3 is 10.1 Å². The van der Waals surface area contributed by atoms with Gasteiger partial charge in [-0.05, 0) is 53.4 Å². The van der Waals surface area contributed by atoms with Crippen LogP contribution in [0.4, 0.5) is 0 Å². The SMILES string of the molecule is O=C(NC[C@@H]1OC[C@H]2CN(Cc3ccsc3)CC[C@H]21)c1cccnc1. The lowest BCUT2D eigenvalue weighted by Gasteiger charge is -2.35. The Bertz CT molecular complexity index is 692. The molecule has 4 rings (SSSR count). The van der Waals surface area contributed by atoms with Crippen LogP contribution in [-0.2, 0) is 11.3 Å². The van der Waals surface area contributed by atoms with E-state index in [1.807, 2.05) is 0 Å². The summed E-state index contributed by atoms with van der Waals surface area (Å²) in [5.74, 6) is 1.05. The van der Waals surface area contributed by atoms with Gasteiger partial charge in [0.1, 0.15) is 0 Å². The largest absolute Gasteiger partial charge is 0.376 e. The lowest BCUT2D eigenvalue weighted by molar-refractivity contribution is 0.0743. The van der Waals surface area contributed by atoms with Gasteiger partial charge in [0, 0.05) is 37.9 Å². The highest BCUT2D eigenvalue weighted by Gasteiger charge is 2.40. The fourth-order valence-electron chi connectivity index (χ4n) is 3.95. The molecule has 0 aromatic carbocycles. The summed E-state index contributed by atoms with van der Waals surface area (Å²) in [6, 6.07) is 5.77. The third kappa shape index (κ3) is 3.92. The Morgan fingerprint density at radius 1 is 1.44 bits per heavy atom. The van der Waals surface area contributed by atoms with Crippen LogP contribution in [0.25, 0.3) is 0 Å². The average Bonchev–Trinajstić information content (AvgIpc) is 3.30. The third-order valence-electron chi connectivity index (χ3n) is 5.25. The molecule has 5 nitrogen and oxygen atoms in total. The van der Waals surface area contributed by atoms with Crippen LogP contribution in [0.1, 0.15) is 22.3 Å². The van der Waals surface area contributed by atoms with Gasteiger partial charge in [0.05, 0.1) is 18.3 Å². The summed E-state index contributed by atoms with van der Waals surface area (Å²) in [7, 11) is 0.